The summed E-state index contributed by atoms with van der Waals surface area (Å²) in [5, 5.41) is 9.26. The molecule has 0 aromatic carbocycles. The van der Waals surface area contributed by atoms with Crippen LogP contribution in [0.5, 0.6) is 0 Å². The van der Waals surface area contributed by atoms with Crippen molar-refractivity contribution in [2.45, 2.75) is 45.6 Å². The number of imidazole rings is 1. The Morgan fingerprint density at radius 3 is 2.83 bits per heavy atom. The van der Waals surface area contributed by atoms with Gasteiger partial charge in [0.05, 0.1) is 41.5 Å². The van der Waals surface area contributed by atoms with Crippen LogP contribution in [0.2, 0.25) is 0 Å². The van der Waals surface area contributed by atoms with E-state index in [9.17, 15) is 9.59 Å². The summed E-state index contributed by atoms with van der Waals surface area (Å²) in [5.41, 5.74) is 3.56. The topological polar surface area (TPSA) is 128 Å². The summed E-state index contributed by atoms with van der Waals surface area (Å²) in [6, 6.07) is 3.11. The number of carbonyl (C=O) groups excluding carboxylic acids is 2. The van der Waals surface area contributed by atoms with Crippen LogP contribution in [0.1, 0.15) is 47.1 Å². The Balaban J connectivity index is 1.66. The Labute approximate surface area is 206 Å². The monoisotopic (exact) mass is 493 g/mol. The van der Waals surface area contributed by atoms with E-state index in [-0.39, 0.29) is 6.42 Å². The van der Waals surface area contributed by atoms with Crippen molar-refractivity contribution in [3.8, 4) is 16.5 Å². The summed E-state index contributed by atoms with van der Waals surface area (Å²) in [5.74, 6) is -0.563. The molecule has 0 unspecified atom stereocenters. The number of carbonyl (C=O) groups is 2. The van der Waals surface area contributed by atoms with Gasteiger partial charge in [-0.3, -0.25) is 4.79 Å². The van der Waals surface area contributed by atoms with Crippen molar-refractivity contribution in [1.82, 2.24) is 35.0 Å². The molecule has 0 aliphatic heterocycles. The fraction of sp³-hybridized carbons (Fsp3) is 0.333. The molecule has 0 aliphatic rings. The van der Waals surface area contributed by atoms with E-state index in [1.807, 2.05) is 24.4 Å². The third kappa shape index (κ3) is 5.46. The van der Waals surface area contributed by atoms with Gasteiger partial charge >= 0.3 is 5.97 Å². The molecular weight excluding hydrogens is 466 g/mol. The number of nitrogens with one attached hydrogen (secondary N) is 2. The summed E-state index contributed by atoms with van der Waals surface area (Å²) in [4.78, 5) is 42.9. The highest BCUT2D eigenvalue weighted by atomic mass is 32.1. The van der Waals surface area contributed by atoms with Gasteiger partial charge in [-0.15, -0.1) is 11.3 Å². The van der Waals surface area contributed by atoms with Gasteiger partial charge in [-0.2, -0.15) is 5.10 Å². The minimum Gasteiger partial charge on any atom is -0.467 e. The van der Waals surface area contributed by atoms with Crippen molar-refractivity contribution in [3.63, 3.8) is 0 Å². The van der Waals surface area contributed by atoms with Crippen LogP contribution in [0.25, 0.3) is 16.5 Å². The fourth-order valence-corrected chi connectivity index (χ4v) is 4.49. The molecule has 0 bridgehead atoms. The molecule has 4 aromatic heterocycles. The Bertz CT molecular complexity index is 1280. The van der Waals surface area contributed by atoms with Crippen molar-refractivity contribution >= 4 is 23.2 Å². The molecule has 0 fully saturated rings. The minimum absolute atomic E-state index is 0.224. The average molecular weight is 494 g/mol. The van der Waals surface area contributed by atoms with Crippen molar-refractivity contribution in [1.29, 1.82) is 0 Å². The van der Waals surface area contributed by atoms with Crippen LogP contribution in [0.3, 0.4) is 0 Å². The number of aromatic nitrogens is 6. The third-order valence-electron chi connectivity index (χ3n) is 5.55. The van der Waals surface area contributed by atoms with Crippen molar-refractivity contribution in [2.24, 2.45) is 0 Å². The van der Waals surface area contributed by atoms with Gasteiger partial charge in [-0.1, -0.05) is 19.4 Å². The number of nitrogens with zero attached hydrogens (tertiary/aromatic N) is 5. The molecule has 0 radical (unpaired) electrons. The molecular formula is C24H27N7O3S. The molecule has 11 heteroatoms. The van der Waals surface area contributed by atoms with Crippen molar-refractivity contribution < 1.29 is 14.3 Å². The van der Waals surface area contributed by atoms with Gasteiger partial charge < -0.3 is 15.0 Å². The van der Waals surface area contributed by atoms with E-state index in [0.29, 0.717) is 29.3 Å². The zero-order valence-corrected chi connectivity index (χ0v) is 20.6. The van der Waals surface area contributed by atoms with Crippen LogP contribution in [-0.4, -0.2) is 54.7 Å². The quantitative estimate of drug-likeness (QED) is 0.325. The second-order valence-corrected chi connectivity index (χ2v) is 8.98. The van der Waals surface area contributed by atoms with Gasteiger partial charge in [0, 0.05) is 24.5 Å². The number of hydrogen-bond acceptors (Lipinski definition) is 8. The van der Waals surface area contributed by atoms with Gasteiger partial charge in [0.2, 0.25) is 0 Å². The molecule has 2 N–H and O–H groups in total. The smallest absolute Gasteiger partial charge is 0.328 e. The number of amides is 1. The van der Waals surface area contributed by atoms with Crippen molar-refractivity contribution in [3.05, 3.63) is 64.9 Å². The van der Waals surface area contributed by atoms with Crippen LogP contribution in [0, 0.1) is 6.92 Å². The SMILES string of the molecule is CCCCc1c(C(=O)N[C@@H](Cc2cnc[nH]2)C(=O)OC)cnn1-c1ncc(C)c(-c2cccs2)n1. The second kappa shape index (κ2) is 11.0. The summed E-state index contributed by atoms with van der Waals surface area (Å²) < 4.78 is 6.51. The maximum absolute atomic E-state index is 13.3. The first-order valence-electron chi connectivity index (χ1n) is 11.3. The number of unbranched alkanes of at least 4 members (excludes halogenated alkanes) is 1. The first kappa shape index (κ1) is 24.3. The molecule has 0 spiro atoms. The maximum Gasteiger partial charge on any atom is 0.328 e. The summed E-state index contributed by atoms with van der Waals surface area (Å²) in [6.45, 7) is 4.04. The van der Waals surface area contributed by atoms with Crippen LogP contribution >= 0.6 is 11.3 Å². The second-order valence-electron chi connectivity index (χ2n) is 8.03. The summed E-state index contributed by atoms with van der Waals surface area (Å²) in [6.07, 6.45) is 9.00. The number of aryl methyl sites for hydroxylation is 1. The van der Waals surface area contributed by atoms with E-state index in [4.69, 9.17) is 9.72 Å². The Hall–Kier alpha value is -3.86. The van der Waals surface area contributed by atoms with Crippen LogP contribution < -0.4 is 5.32 Å². The molecule has 0 saturated carbocycles. The number of esters is 1. The van der Waals surface area contributed by atoms with E-state index in [1.54, 1.807) is 28.4 Å². The summed E-state index contributed by atoms with van der Waals surface area (Å²) in [7, 11) is 1.29. The Morgan fingerprint density at radius 2 is 2.14 bits per heavy atom. The van der Waals surface area contributed by atoms with E-state index < -0.39 is 17.9 Å². The molecule has 35 heavy (non-hydrogen) atoms. The number of aromatic amines is 1. The first-order valence-corrected chi connectivity index (χ1v) is 12.2. The predicted molar refractivity (Wildman–Crippen MR) is 131 cm³/mol. The third-order valence-corrected chi connectivity index (χ3v) is 6.43. The average Bonchev–Trinajstić information content (AvgIpc) is 3.64. The van der Waals surface area contributed by atoms with E-state index >= 15 is 0 Å². The van der Waals surface area contributed by atoms with Gasteiger partial charge in [0.15, 0.2) is 0 Å². The van der Waals surface area contributed by atoms with Gasteiger partial charge in [-0.25, -0.2) is 24.4 Å². The minimum atomic E-state index is -0.878. The van der Waals surface area contributed by atoms with Crippen LogP contribution in [-0.2, 0) is 22.4 Å². The van der Waals surface area contributed by atoms with Crippen molar-refractivity contribution in [2.75, 3.05) is 7.11 Å². The molecule has 4 rings (SSSR count). The summed E-state index contributed by atoms with van der Waals surface area (Å²) >= 11 is 1.60. The normalized spacial score (nSPS) is 11.9. The lowest BCUT2D eigenvalue weighted by Gasteiger charge is -2.16. The standard InChI is InChI=1S/C24H27N7O3S/c1-4-5-7-19-17(22(32)29-18(23(33)34-3)10-16-12-25-14-27-16)13-28-31(19)24-26-11-15(2)21(30-24)20-8-6-9-35-20/h6,8-9,11-14,18H,4-5,7,10H2,1-3H3,(H,25,27)(H,29,32)/t18-/m0/s1. The number of rotatable bonds is 10. The van der Waals surface area contributed by atoms with E-state index in [2.05, 4.69) is 32.3 Å². The highest BCUT2D eigenvalue weighted by molar-refractivity contribution is 7.13. The molecule has 0 aliphatic carbocycles. The lowest BCUT2D eigenvalue weighted by Crippen LogP contribution is -2.43. The highest BCUT2D eigenvalue weighted by Crippen LogP contribution is 2.26. The zero-order valence-electron chi connectivity index (χ0n) is 19.8. The number of thiophene rings is 1. The predicted octanol–water partition coefficient (Wildman–Crippen LogP) is 3.28. The lowest BCUT2D eigenvalue weighted by molar-refractivity contribution is -0.142. The van der Waals surface area contributed by atoms with E-state index in [0.717, 1.165) is 29.0 Å². The van der Waals surface area contributed by atoms with Crippen LogP contribution in [0.4, 0.5) is 0 Å². The number of hydrogen-bond donors (Lipinski definition) is 2. The van der Waals surface area contributed by atoms with Gasteiger partial charge in [0.1, 0.15) is 6.04 Å². The lowest BCUT2D eigenvalue weighted by atomic mass is 10.1. The van der Waals surface area contributed by atoms with Gasteiger partial charge in [-0.05, 0) is 36.8 Å². The van der Waals surface area contributed by atoms with E-state index in [1.165, 1.54) is 19.6 Å². The number of H-pyrrole nitrogens is 1. The Kier molecular flexibility index (Phi) is 7.66. The molecule has 0 saturated heterocycles. The molecule has 182 valence electrons. The highest BCUT2D eigenvalue weighted by Gasteiger charge is 2.26. The number of ether oxygens (including phenoxy) is 1. The van der Waals surface area contributed by atoms with Crippen LogP contribution in [0.15, 0.2) is 42.4 Å². The first-order chi connectivity index (χ1) is 17.0. The van der Waals surface area contributed by atoms with Gasteiger partial charge in [0.25, 0.3) is 11.9 Å². The Morgan fingerprint density at radius 1 is 1.29 bits per heavy atom. The molecule has 1 amide bonds. The molecule has 4 aromatic rings. The molecule has 4 heterocycles. The molecule has 10 nitrogen and oxygen atoms in total. The zero-order chi connectivity index (χ0) is 24.8. The maximum atomic E-state index is 13.3. The largest absolute Gasteiger partial charge is 0.467 e. The fourth-order valence-electron chi connectivity index (χ4n) is 3.71. The number of methoxy groups -OCH3 is 1. The molecule has 1 atom stereocenters.